The Labute approximate surface area is 154 Å². The van der Waals surface area contributed by atoms with Gasteiger partial charge in [0.2, 0.25) is 0 Å². The molecule has 0 aliphatic heterocycles. The summed E-state index contributed by atoms with van der Waals surface area (Å²) in [4.78, 5) is 11.9. The van der Waals surface area contributed by atoms with Gasteiger partial charge >= 0.3 is 5.97 Å². The summed E-state index contributed by atoms with van der Waals surface area (Å²) in [6.07, 6.45) is 1.07. The summed E-state index contributed by atoms with van der Waals surface area (Å²) in [6, 6.07) is 11.0. The molecule has 0 unspecified atom stereocenters. The summed E-state index contributed by atoms with van der Waals surface area (Å²) in [5.74, 6) is -1.98. The van der Waals surface area contributed by atoms with Gasteiger partial charge in [-0.1, -0.05) is 12.1 Å². The van der Waals surface area contributed by atoms with Crippen molar-refractivity contribution in [1.29, 1.82) is 0 Å². The summed E-state index contributed by atoms with van der Waals surface area (Å²) in [5, 5.41) is 0. The lowest BCUT2D eigenvalue weighted by Crippen LogP contribution is -2.14. The van der Waals surface area contributed by atoms with E-state index in [2.05, 4.69) is 0 Å². The molecule has 0 radical (unpaired) electrons. The first kappa shape index (κ1) is 18.8. The number of carbonyl (C=O) groups excluding carboxylic acids is 1. The molecule has 0 fully saturated rings. The third-order valence-electron chi connectivity index (χ3n) is 3.82. The smallest absolute Gasteiger partial charge is 0.339 e. The molecule has 5 nitrogen and oxygen atoms in total. The van der Waals surface area contributed by atoms with Gasteiger partial charge in [0.25, 0.3) is 10.0 Å². The zero-order valence-corrected chi connectivity index (χ0v) is 15.0. The Hall–Kier alpha value is -3.00. The number of rotatable bonds is 5. The predicted molar refractivity (Wildman–Crippen MR) is 94.8 cm³/mol. The average molecular weight is 391 g/mol. The Morgan fingerprint density at radius 1 is 1.07 bits per heavy atom. The van der Waals surface area contributed by atoms with Crippen LogP contribution < -0.4 is 0 Å². The van der Waals surface area contributed by atoms with E-state index in [0.717, 1.165) is 34.4 Å². The number of hydrogen-bond acceptors (Lipinski definition) is 4. The highest BCUT2D eigenvalue weighted by atomic mass is 32.2. The van der Waals surface area contributed by atoms with Gasteiger partial charge in [0.15, 0.2) is 0 Å². The second-order valence-corrected chi connectivity index (χ2v) is 7.38. The standard InChI is InChI=1S/C19H15F2NO4S/c1-2-26-19(23)13-11-18(16-5-3-4-6-17(16)21)22(12-13)27(24,25)15-9-7-14(20)8-10-15/h3-12H,2H2,1H3. The van der Waals surface area contributed by atoms with Gasteiger partial charge in [-0.3, -0.25) is 0 Å². The van der Waals surface area contributed by atoms with Crippen molar-refractivity contribution in [3.8, 4) is 11.3 Å². The van der Waals surface area contributed by atoms with Gasteiger partial charge in [0.1, 0.15) is 11.6 Å². The molecule has 0 N–H and O–H groups in total. The van der Waals surface area contributed by atoms with Crippen LogP contribution >= 0.6 is 0 Å². The van der Waals surface area contributed by atoms with Gasteiger partial charge in [-0.25, -0.2) is 26.0 Å². The minimum Gasteiger partial charge on any atom is -0.462 e. The van der Waals surface area contributed by atoms with E-state index in [0.29, 0.717) is 0 Å². The molecular weight excluding hydrogens is 376 g/mol. The summed E-state index contributed by atoms with van der Waals surface area (Å²) in [6.45, 7) is 1.71. The largest absolute Gasteiger partial charge is 0.462 e. The number of carbonyl (C=O) groups is 1. The fraction of sp³-hybridized carbons (Fsp3) is 0.105. The molecule has 0 amide bonds. The van der Waals surface area contributed by atoms with E-state index in [1.54, 1.807) is 13.0 Å². The fourth-order valence-corrected chi connectivity index (χ4v) is 3.92. The highest BCUT2D eigenvalue weighted by Crippen LogP contribution is 2.29. The Bertz CT molecular complexity index is 1090. The van der Waals surface area contributed by atoms with E-state index in [-0.39, 0.29) is 28.3 Å². The van der Waals surface area contributed by atoms with E-state index in [9.17, 15) is 22.0 Å². The predicted octanol–water partition coefficient (Wildman–Crippen LogP) is 3.85. The summed E-state index contributed by atoms with van der Waals surface area (Å²) in [7, 11) is -4.20. The zero-order valence-electron chi connectivity index (χ0n) is 14.2. The van der Waals surface area contributed by atoms with Crippen LogP contribution in [0.1, 0.15) is 17.3 Å². The van der Waals surface area contributed by atoms with Crippen LogP contribution in [0.4, 0.5) is 8.78 Å². The van der Waals surface area contributed by atoms with Gasteiger partial charge in [-0.15, -0.1) is 0 Å². The first-order valence-electron chi connectivity index (χ1n) is 8.00. The minimum absolute atomic E-state index is 0.00117. The molecule has 0 spiro atoms. The van der Waals surface area contributed by atoms with Crippen LogP contribution in [-0.4, -0.2) is 25.0 Å². The van der Waals surface area contributed by atoms with Crippen LogP contribution in [0.3, 0.4) is 0 Å². The molecule has 3 rings (SSSR count). The van der Waals surface area contributed by atoms with Crippen molar-refractivity contribution in [2.45, 2.75) is 11.8 Å². The third-order valence-corrected chi connectivity index (χ3v) is 5.51. The first-order valence-corrected chi connectivity index (χ1v) is 9.44. The van der Waals surface area contributed by atoms with Gasteiger partial charge < -0.3 is 4.74 Å². The molecule has 0 aliphatic rings. The number of benzene rings is 2. The van der Waals surface area contributed by atoms with E-state index in [1.165, 1.54) is 24.3 Å². The molecular formula is C19H15F2NO4S. The lowest BCUT2D eigenvalue weighted by molar-refractivity contribution is 0.0526. The molecule has 27 heavy (non-hydrogen) atoms. The second-order valence-electron chi connectivity index (χ2n) is 5.57. The molecule has 0 atom stereocenters. The zero-order chi connectivity index (χ0) is 19.6. The molecule has 8 heteroatoms. The van der Waals surface area contributed by atoms with Crippen LogP contribution in [0.5, 0.6) is 0 Å². The lowest BCUT2D eigenvalue weighted by atomic mass is 10.1. The van der Waals surface area contributed by atoms with Crippen molar-refractivity contribution in [2.75, 3.05) is 6.61 Å². The van der Waals surface area contributed by atoms with E-state index in [4.69, 9.17) is 4.74 Å². The Morgan fingerprint density at radius 2 is 1.74 bits per heavy atom. The van der Waals surface area contributed by atoms with Gasteiger partial charge in [0, 0.05) is 11.8 Å². The van der Waals surface area contributed by atoms with Gasteiger partial charge in [-0.2, -0.15) is 0 Å². The molecule has 3 aromatic rings. The molecule has 0 saturated carbocycles. The van der Waals surface area contributed by atoms with Crippen LogP contribution in [0.15, 0.2) is 65.7 Å². The van der Waals surface area contributed by atoms with Crippen molar-refractivity contribution < 1.29 is 26.7 Å². The number of hydrogen-bond donors (Lipinski definition) is 0. The lowest BCUT2D eigenvalue weighted by Gasteiger charge is -2.11. The Morgan fingerprint density at radius 3 is 2.37 bits per heavy atom. The molecule has 1 aromatic heterocycles. The monoisotopic (exact) mass is 391 g/mol. The number of aromatic nitrogens is 1. The topological polar surface area (TPSA) is 65.4 Å². The molecule has 140 valence electrons. The van der Waals surface area contributed by atoms with Crippen LogP contribution in [0.2, 0.25) is 0 Å². The second kappa shape index (κ2) is 7.32. The van der Waals surface area contributed by atoms with Crippen LogP contribution in [0.25, 0.3) is 11.3 Å². The summed E-state index contributed by atoms with van der Waals surface area (Å²) >= 11 is 0. The third kappa shape index (κ3) is 3.61. The SMILES string of the molecule is CCOC(=O)c1cc(-c2ccccc2F)n(S(=O)(=O)c2ccc(F)cc2)c1. The van der Waals surface area contributed by atoms with Crippen LogP contribution in [-0.2, 0) is 14.8 Å². The Kier molecular flexibility index (Phi) is 5.09. The highest BCUT2D eigenvalue weighted by Gasteiger charge is 2.25. The van der Waals surface area contributed by atoms with Gasteiger partial charge in [-0.05, 0) is 49.4 Å². The van der Waals surface area contributed by atoms with Gasteiger partial charge in [0.05, 0.1) is 22.8 Å². The number of halogens is 2. The molecule has 1 heterocycles. The maximum Gasteiger partial charge on any atom is 0.339 e. The van der Waals surface area contributed by atoms with Crippen molar-refractivity contribution in [3.63, 3.8) is 0 Å². The molecule has 0 aliphatic carbocycles. The summed E-state index contributed by atoms with van der Waals surface area (Å²) in [5.41, 5.74) is -0.0833. The summed E-state index contributed by atoms with van der Waals surface area (Å²) < 4.78 is 59.2. The van der Waals surface area contributed by atoms with Crippen molar-refractivity contribution in [2.24, 2.45) is 0 Å². The number of ether oxygens (including phenoxy) is 1. The van der Waals surface area contributed by atoms with E-state index >= 15 is 0 Å². The fourth-order valence-electron chi connectivity index (χ4n) is 2.55. The number of nitrogens with zero attached hydrogens (tertiary/aromatic N) is 1. The van der Waals surface area contributed by atoms with E-state index < -0.39 is 27.6 Å². The van der Waals surface area contributed by atoms with Crippen molar-refractivity contribution >= 4 is 16.0 Å². The van der Waals surface area contributed by atoms with E-state index in [1.807, 2.05) is 0 Å². The minimum atomic E-state index is -4.20. The average Bonchev–Trinajstić information content (AvgIpc) is 3.09. The quantitative estimate of drug-likeness (QED) is 0.620. The molecule has 0 saturated heterocycles. The maximum absolute atomic E-state index is 14.3. The maximum atomic E-state index is 14.3. The van der Waals surface area contributed by atoms with Crippen molar-refractivity contribution in [1.82, 2.24) is 3.97 Å². The molecule has 2 aromatic carbocycles. The first-order chi connectivity index (χ1) is 12.8. The van der Waals surface area contributed by atoms with Crippen molar-refractivity contribution in [3.05, 3.63) is 78.0 Å². The van der Waals surface area contributed by atoms with Crippen LogP contribution in [0, 0.1) is 11.6 Å². The Balaban J connectivity index is 2.23. The molecule has 0 bridgehead atoms. The normalized spacial score (nSPS) is 11.4. The highest BCUT2D eigenvalue weighted by molar-refractivity contribution is 7.90. The number of esters is 1.